The van der Waals surface area contributed by atoms with Crippen LogP contribution >= 0.6 is 0 Å². The number of aliphatic hydroxyl groups is 3. The number of β-amino-alcohol motifs (C(OH)–C–C–N with tert-alkyl or cyclic N) is 2. The van der Waals surface area contributed by atoms with E-state index in [1.165, 1.54) is 0 Å². The number of likely N-dealkylation sites (tertiary alicyclic amines) is 1. The number of unbranched alkanes of at least 4 members (excludes halogenated alkanes) is 2. The maximum atomic E-state index is 9.71. The molecule has 0 saturated carbocycles. The van der Waals surface area contributed by atoms with Gasteiger partial charge in [0.2, 0.25) is 0 Å². The van der Waals surface area contributed by atoms with Gasteiger partial charge >= 0.3 is 0 Å². The van der Waals surface area contributed by atoms with Gasteiger partial charge < -0.3 is 15.3 Å². The lowest BCUT2D eigenvalue weighted by Gasteiger charge is -2.22. The first kappa shape index (κ1) is 11.9. The minimum Gasteiger partial charge on any atom is -0.389 e. The molecule has 0 aliphatic carbocycles. The van der Waals surface area contributed by atoms with Crippen molar-refractivity contribution in [2.45, 2.75) is 51.0 Å². The monoisotopic (exact) mass is 203 g/mol. The normalized spacial score (nSPS) is 30.9. The van der Waals surface area contributed by atoms with Gasteiger partial charge in [0.1, 0.15) is 6.23 Å². The van der Waals surface area contributed by atoms with Crippen LogP contribution in [-0.4, -0.2) is 51.7 Å². The Labute approximate surface area is 85.2 Å². The van der Waals surface area contributed by atoms with Gasteiger partial charge in [-0.25, -0.2) is 0 Å². The Balaban J connectivity index is 2.21. The highest BCUT2D eigenvalue weighted by molar-refractivity contribution is 4.84. The van der Waals surface area contributed by atoms with Crippen molar-refractivity contribution >= 4 is 0 Å². The van der Waals surface area contributed by atoms with Crippen LogP contribution in [0.1, 0.15) is 32.6 Å². The van der Waals surface area contributed by atoms with Crippen molar-refractivity contribution in [3.63, 3.8) is 0 Å². The molecule has 0 amide bonds. The van der Waals surface area contributed by atoms with Crippen LogP contribution in [0.4, 0.5) is 0 Å². The van der Waals surface area contributed by atoms with Crippen molar-refractivity contribution < 1.29 is 15.3 Å². The number of rotatable bonds is 5. The minimum atomic E-state index is -0.698. The fourth-order valence-electron chi connectivity index (χ4n) is 1.80. The Morgan fingerprint density at radius 2 is 1.79 bits per heavy atom. The third kappa shape index (κ3) is 3.20. The summed E-state index contributed by atoms with van der Waals surface area (Å²) in [6, 6.07) is 0. The standard InChI is InChI=1S/C10H21NO3/c1-2-3-4-5-10(14)11-6-8(12)9(13)7-11/h8-10,12-14H,2-7H2,1H3. The molecule has 0 aromatic rings. The van der Waals surface area contributed by atoms with E-state index in [0.717, 1.165) is 25.7 Å². The van der Waals surface area contributed by atoms with E-state index in [4.69, 9.17) is 0 Å². The van der Waals surface area contributed by atoms with Crippen molar-refractivity contribution in [3.05, 3.63) is 0 Å². The molecule has 0 aromatic carbocycles. The number of hydrogen-bond donors (Lipinski definition) is 3. The van der Waals surface area contributed by atoms with Gasteiger partial charge in [-0.3, -0.25) is 4.90 Å². The maximum absolute atomic E-state index is 9.71. The van der Waals surface area contributed by atoms with E-state index in [1.54, 1.807) is 4.90 Å². The third-order valence-corrected chi connectivity index (χ3v) is 2.77. The van der Waals surface area contributed by atoms with Gasteiger partial charge in [-0.1, -0.05) is 19.8 Å². The van der Waals surface area contributed by atoms with Crippen molar-refractivity contribution in [3.8, 4) is 0 Å². The lowest BCUT2D eigenvalue weighted by atomic mass is 10.2. The second kappa shape index (κ2) is 5.66. The van der Waals surface area contributed by atoms with Gasteiger partial charge in [0.25, 0.3) is 0 Å². The van der Waals surface area contributed by atoms with Crippen molar-refractivity contribution in [2.75, 3.05) is 13.1 Å². The van der Waals surface area contributed by atoms with E-state index in [-0.39, 0.29) is 0 Å². The number of hydrogen-bond acceptors (Lipinski definition) is 4. The van der Waals surface area contributed by atoms with E-state index >= 15 is 0 Å². The molecule has 3 atom stereocenters. The van der Waals surface area contributed by atoms with Gasteiger partial charge in [0.05, 0.1) is 12.2 Å². The molecule has 0 radical (unpaired) electrons. The average molecular weight is 203 g/mol. The van der Waals surface area contributed by atoms with Crippen molar-refractivity contribution in [1.82, 2.24) is 4.90 Å². The molecule has 84 valence electrons. The second-order valence-electron chi connectivity index (χ2n) is 4.06. The summed E-state index contributed by atoms with van der Waals surface area (Å²) in [6.07, 6.45) is 2.08. The quantitative estimate of drug-likeness (QED) is 0.547. The summed E-state index contributed by atoms with van der Waals surface area (Å²) in [5, 5.41) is 28.3. The van der Waals surface area contributed by atoms with Gasteiger partial charge in [-0.05, 0) is 12.8 Å². The van der Waals surface area contributed by atoms with Crippen molar-refractivity contribution in [1.29, 1.82) is 0 Å². The molecule has 1 aliphatic heterocycles. The summed E-state index contributed by atoms with van der Waals surface area (Å²) >= 11 is 0. The van der Waals surface area contributed by atoms with Crippen LogP contribution in [-0.2, 0) is 0 Å². The summed E-state index contributed by atoms with van der Waals surface area (Å²) in [7, 11) is 0. The first-order valence-corrected chi connectivity index (χ1v) is 5.43. The lowest BCUT2D eigenvalue weighted by Crippen LogP contribution is -2.34. The Kier molecular flexibility index (Phi) is 4.81. The molecule has 0 bridgehead atoms. The summed E-state index contributed by atoms with van der Waals surface area (Å²) < 4.78 is 0. The fourth-order valence-corrected chi connectivity index (χ4v) is 1.80. The Morgan fingerprint density at radius 1 is 1.21 bits per heavy atom. The van der Waals surface area contributed by atoms with E-state index < -0.39 is 18.4 Å². The summed E-state index contributed by atoms with van der Waals surface area (Å²) in [6.45, 7) is 2.89. The molecular formula is C10H21NO3. The van der Waals surface area contributed by atoms with Crippen LogP contribution in [0.5, 0.6) is 0 Å². The highest BCUT2D eigenvalue weighted by Gasteiger charge is 2.32. The van der Waals surface area contributed by atoms with E-state index in [9.17, 15) is 15.3 Å². The van der Waals surface area contributed by atoms with Gasteiger partial charge in [-0.2, -0.15) is 0 Å². The van der Waals surface area contributed by atoms with Crippen LogP contribution < -0.4 is 0 Å². The SMILES string of the molecule is CCCCCC(O)N1CC(O)C(O)C1. The first-order valence-electron chi connectivity index (χ1n) is 5.43. The Bertz CT molecular complexity index is 155. The number of aliphatic hydroxyl groups excluding tert-OH is 3. The molecule has 4 heteroatoms. The molecule has 1 fully saturated rings. The highest BCUT2D eigenvalue weighted by Crippen LogP contribution is 2.15. The summed E-state index contributed by atoms with van der Waals surface area (Å²) in [5.74, 6) is 0. The minimum absolute atomic E-state index is 0.383. The molecular weight excluding hydrogens is 182 g/mol. The van der Waals surface area contributed by atoms with Gasteiger partial charge in [0.15, 0.2) is 0 Å². The number of nitrogens with zero attached hydrogens (tertiary/aromatic N) is 1. The zero-order valence-corrected chi connectivity index (χ0v) is 8.76. The molecule has 0 spiro atoms. The third-order valence-electron chi connectivity index (χ3n) is 2.77. The predicted molar refractivity (Wildman–Crippen MR) is 53.7 cm³/mol. The molecule has 3 N–H and O–H groups in total. The lowest BCUT2D eigenvalue weighted by molar-refractivity contribution is 0.00283. The van der Waals surface area contributed by atoms with Crippen LogP contribution in [0, 0.1) is 0 Å². The average Bonchev–Trinajstić information content (AvgIpc) is 2.47. The molecule has 1 aliphatic rings. The molecule has 14 heavy (non-hydrogen) atoms. The molecule has 1 rings (SSSR count). The zero-order valence-electron chi connectivity index (χ0n) is 8.76. The maximum Gasteiger partial charge on any atom is 0.107 e. The first-order chi connectivity index (χ1) is 6.65. The van der Waals surface area contributed by atoms with Crippen LogP contribution in [0.25, 0.3) is 0 Å². The van der Waals surface area contributed by atoms with Crippen LogP contribution in [0.2, 0.25) is 0 Å². The summed E-state index contributed by atoms with van der Waals surface area (Å²) in [4.78, 5) is 1.74. The van der Waals surface area contributed by atoms with Gasteiger partial charge in [-0.15, -0.1) is 0 Å². The van der Waals surface area contributed by atoms with E-state index in [0.29, 0.717) is 13.1 Å². The molecule has 4 nitrogen and oxygen atoms in total. The molecule has 1 heterocycles. The fraction of sp³-hybridized carbons (Fsp3) is 1.00. The Morgan fingerprint density at radius 3 is 2.29 bits per heavy atom. The van der Waals surface area contributed by atoms with Crippen molar-refractivity contribution in [2.24, 2.45) is 0 Å². The largest absolute Gasteiger partial charge is 0.389 e. The van der Waals surface area contributed by atoms with Crippen LogP contribution in [0.15, 0.2) is 0 Å². The van der Waals surface area contributed by atoms with E-state index in [2.05, 4.69) is 6.92 Å². The molecule has 1 saturated heterocycles. The van der Waals surface area contributed by atoms with Gasteiger partial charge in [0, 0.05) is 13.1 Å². The second-order valence-corrected chi connectivity index (χ2v) is 4.06. The molecule has 0 aromatic heterocycles. The highest BCUT2D eigenvalue weighted by atomic mass is 16.3. The van der Waals surface area contributed by atoms with E-state index in [1.807, 2.05) is 0 Å². The predicted octanol–water partition coefficient (Wildman–Crippen LogP) is -0.0775. The Hall–Kier alpha value is -0.160. The zero-order chi connectivity index (χ0) is 10.6. The van der Waals surface area contributed by atoms with Crippen LogP contribution in [0.3, 0.4) is 0 Å². The topological polar surface area (TPSA) is 63.9 Å². The molecule has 3 unspecified atom stereocenters. The smallest absolute Gasteiger partial charge is 0.107 e. The summed E-state index contributed by atoms with van der Waals surface area (Å²) in [5.41, 5.74) is 0.